The van der Waals surface area contributed by atoms with Crippen LogP contribution in [0, 0.1) is 0 Å². The number of amides is 2. The Morgan fingerprint density at radius 1 is 1.03 bits per heavy atom. The van der Waals surface area contributed by atoms with Crippen LogP contribution in [-0.2, 0) is 16.1 Å². The Hall–Kier alpha value is -2.54. The smallest absolute Gasteiger partial charge is 0.261 e. The molecule has 2 unspecified atom stereocenters. The minimum absolute atomic E-state index is 0.0418. The molecule has 30 heavy (non-hydrogen) atoms. The molecule has 0 aliphatic rings. The summed E-state index contributed by atoms with van der Waals surface area (Å²) < 4.78 is 11.7. The van der Waals surface area contributed by atoms with Gasteiger partial charge in [-0.2, -0.15) is 0 Å². The first-order chi connectivity index (χ1) is 14.3. The van der Waals surface area contributed by atoms with Gasteiger partial charge in [0.2, 0.25) is 5.91 Å². The van der Waals surface area contributed by atoms with Gasteiger partial charge in [-0.3, -0.25) is 9.59 Å². The van der Waals surface area contributed by atoms with Gasteiger partial charge in [0.1, 0.15) is 17.5 Å². The fourth-order valence-electron chi connectivity index (χ4n) is 2.73. The summed E-state index contributed by atoms with van der Waals surface area (Å²) in [6.07, 6.45) is 0.819. The highest BCUT2D eigenvalue weighted by Gasteiger charge is 2.27. The van der Waals surface area contributed by atoms with Gasteiger partial charge in [-0.25, -0.2) is 0 Å². The van der Waals surface area contributed by atoms with Crippen molar-refractivity contribution in [3.63, 3.8) is 0 Å². The maximum atomic E-state index is 13.0. The van der Waals surface area contributed by atoms with Crippen molar-refractivity contribution < 1.29 is 19.1 Å². The number of methoxy groups -OCH3 is 1. The Morgan fingerprint density at radius 2 is 1.63 bits per heavy atom. The minimum Gasteiger partial charge on any atom is -0.497 e. The zero-order valence-corrected chi connectivity index (χ0v) is 19.4. The summed E-state index contributed by atoms with van der Waals surface area (Å²) in [7, 11) is 1.59. The molecule has 0 fully saturated rings. The molecule has 0 aliphatic carbocycles. The minimum atomic E-state index is -0.630. The van der Waals surface area contributed by atoms with E-state index in [1.165, 1.54) is 0 Å². The van der Waals surface area contributed by atoms with Crippen LogP contribution in [0.2, 0.25) is 0 Å². The van der Waals surface area contributed by atoms with E-state index in [1.54, 1.807) is 43.2 Å². The first kappa shape index (κ1) is 23.7. The highest BCUT2D eigenvalue weighted by Crippen LogP contribution is 2.18. The molecule has 7 heteroatoms. The molecule has 2 aromatic rings. The highest BCUT2D eigenvalue weighted by atomic mass is 79.9. The molecule has 0 aliphatic heterocycles. The van der Waals surface area contributed by atoms with Gasteiger partial charge in [-0.15, -0.1) is 0 Å². The second kappa shape index (κ2) is 11.6. The largest absolute Gasteiger partial charge is 0.497 e. The summed E-state index contributed by atoms with van der Waals surface area (Å²) in [6.45, 7) is 5.83. The molecule has 2 atom stereocenters. The van der Waals surface area contributed by atoms with E-state index in [4.69, 9.17) is 9.47 Å². The maximum absolute atomic E-state index is 13.0. The third-order valence-corrected chi connectivity index (χ3v) is 5.38. The Morgan fingerprint density at radius 3 is 2.20 bits per heavy atom. The van der Waals surface area contributed by atoms with E-state index in [1.807, 2.05) is 38.1 Å². The van der Waals surface area contributed by atoms with Crippen LogP contribution in [0.1, 0.15) is 32.8 Å². The molecular weight excluding hydrogens is 448 g/mol. The van der Waals surface area contributed by atoms with Crippen molar-refractivity contribution in [2.45, 2.75) is 45.8 Å². The van der Waals surface area contributed by atoms with Crippen LogP contribution in [0.25, 0.3) is 0 Å². The second-order valence-electron chi connectivity index (χ2n) is 7.11. The lowest BCUT2D eigenvalue weighted by molar-refractivity contribution is -0.142. The number of hydrogen-bond acceptors (Lipinski definition) is 4. The van der Waals surface area contributed by atoms with Crippen LogP contribution in [0.3, 0.4) is 0 Å². The summed E-state index contributed by atoms with van der Waals surface area (Å²) >= 11 is 3.42. The maximum Gasteiger partial charge on any atom is 0.261 e. The monoisotopic (exact) mass is 476 g/mol. The van der Waals surface area contributed by atoms with Crippen LogP contribution >= 0.6 is 15.9 Å². The lowest BCUT2D eigenvalue weighted by Crippen LogP contribution is -2.50. The van der Waals surface area contributed by atoms with Crippen molar-refractivity contribution in [1.29, 1.82) is 0 Å². The van der Waals surface area contributed by atoms with Gasteiger partial charge in [0.15, 0.2) is 6.61 Å². The topological polar surface area (TPSA) is 67.9 Å². The van der Waals surface area contributed by atoms with Crippen LogP contribution in [0.15, 0.2) is 53.0 Å². The van der Waals surface area contributed by atoms with Gasteiger partial charge in [0.25, 0.3) is 5.91 Å². The van der Waals surface area contributed by atoms with Gasteiger partial charge in [-0.05, 0) is 62.2 Å². The standard InChI is InChI=1S/C23H29BrN2O4/c1-5-16(2)25-23(28)17(3)26(14-18-6-8-19(24)9-7-18)22(27)15-30-21-12-10-20(29-4)11-13-21/h6-13,16-17H,5,14-15H2,1-4H3,(H,25,28). The normalized spacial score (nSPS) is 12.6. The number of carbonyl (C=O) groups is 2. The van der Waals surface area contributed by atoms with Crippen molar-refractivity contribution in [1.82, 2.24) is 10.2 Å². The number of halogens is 1. The van der Waals surface area contributed by atoms with Crippen LogP contribution in [-0.4, -0.2) is 42.5 Å². The van der Waals surface area contributed by atoms with E-state index in [9.17, 15) is 9.59 Å². The molecule has 2 amide bonds. The van der Waals surface area contributed by atoms with Crippen LogP contribution < -0.4 is 14.8 Å². The molecule has 2 aromatic carbocycles. The van der Waals surface area contributed by atoms with Crippen molar-refractivity contribution in [2.24, 2.45) is 0 Å². The zero-order chi connectivity index (χ0) is 22.1. The summed E-state index contributed by atoms with van der Waals surface area (Å²) in [6, 6.07) is 14.1. The fourth-order valence-corrected chi connectivity index (χ4v) is 3.00. The lowest BCUT2D eigenvalue weighted by atomic mass is 10.1. The van der Waals surface area contributed by atoms with Gasteiger partial charge >= 0.3 is 0 Å². The van der Waals surface area contributed by atoms with E-state index in [2.05, 4.69) is 21.2 Å². The fraction of sp³-hybridized carbons (Fsp3) is 0.391. The van der Waals surface area contributed by atoms with Crippen LogP contribution in [0.5, 0.6) is 11.5 Å². The molecule has 0 radical (unpaired) electrons. The van der Waals surface area contributed by atoms with Gasteiger partial charge in [0, 0.05) is 17.1 Å². The average molecular weight is 477 g/mol. The number of carbonyl (C=O) groups excluding carboxylic acids is 2. The summed E-state index contributed by atoms with van der Waals surface area (Å²) in [5, 5.41) is 2.95. The second-order valence-corrected chi connectivity index (χ2v) is 8.02. The SMILES string of the molecule is CCC(C)NC(=O)C(C)N(Cc1ccc(Br)cc1)C(=O)COc1ccc(OC)cc1. The summed E-state index contributed by atoms with van der Waals surface area (Å²) in [5.74, 6) is 0.824. The van der Waals surface area contributed by atoms with Crippen molar-refractivity contribution in [2.75, 3.05) is 13.7 Å². The third kappa shape index (κ3) is 7.06. The number of benzene rings is 2. The van der Waals surface area contributed by atoms with Crippen LogP contribution in [0.4, 0.5) is 0 Å². The molecule has 0 heterocycles. The molecule has 6 nitrogen and oxygen atoms in total. The first-order valence-corrected chi connectivity index (χ1v) is 10.7. The predicted molar refractivity (Wildman–Crippen MR) is 121 cm³/mol. The molecule has 162 valence electrons. The first-order valence-electron chi connectivity index (χ1n) is 9.95. The van der Waals surface area contributed by atoms with E-state index in [-0.39, 0.29) is 24.5 Å². The van der Waals surface area contributed by atoms with E-state index in [0.717, 1.165) is 16.5 Å². The number of hydrogen-bond donors (Lipinski definition) is 1. The number of nitrogens with one attached hydrogen (secondary N) is 1. The Balaban J connectivity index is 2.12. The molecule has 0 spiro atoms. The Labute approximate surface area is 186 Å². The molecule has 0 saturated carbocycles. The molecule has 0 saturated heterocycles. The van der Waals surface area contributed by atoms with E-state index >= 15 is 0 Å². The Kier molecular flexibility index (Phi) is 9.17. The number of nitrogens with zero attached hydrogens (tertiary/aromatic N) is 1. The van der Waals surface area contributed by atoms with Gasteiger partial charge in [0.05, 0.1) is 7.11 Å². The van der Waals surface area contributed by atoms with Crippen molar-refractivity contribution in [3.05, 3.63) is 58.6 Å². The number of ether oxygens (including phenoxy) is 2. The average Bonchev–Trinajstić information content (AvgIpc) is 2.76. The van der Waals surface area contributed by atoms with Crippen molar-refractivity contribution in [3.8, 4) is 11.5 Å². The quantitative estimate of drug-likeness (QED) is 0.558. The highest BCUT2D eigenvalue weighted by molar-refractivity contribution is 9.10. The van der Waals surface area contributed by atoms with Gasteiger partial charge in [-0.1, -0.05) is 35.0 Å². The zero-order valence-electron chi connectivity index (χ0n) is 17.9. The number of rotatable bonds is 10. The summed E-state index contributed by atoms with van der Waals surface area (Å²) in [4.78, 5) is 27.2. The Bertz CT molecular complexity index is 824. The van der Waals surface area contributed by atoms with Crippen molar-refractivity contribution >= 4 is 27.7 Å². The molecule has 0 aromatic heterocycles. The molecule has 0 bridgehead atoms. The predicted octanol–water partition coefficient (Wildman–Crippen LogP) is 4.17. The van der Waals surface area contributed by atoms with Gasteiger partial charge < -0.3 is 19.7 Å². The van der Waals surface area contributed by atoms with E-state index in [0.29, 0.717) is 18.0 Å². The molecule has 2 rings (SSSR count). The summed E-state index contributed by atoms with van der Waals surface area (Å²) in [5.41, 5.74) is 0.930. The lowest BCUT2D eigenvalue weighted by Gasteiger charge is -2.29. The molecular formula is C23H29BrN2O4. The molecule has 1 N–H and O–H groups in total. The third-order valence-electron chi connectivity index (χ3n) is 4.86. The van der Waals surface area contributed by atoms with E-state index < -0.39 is 6.04 Å².